The number of esters is 1. The molecule has 0 amide bonds. The third-order valence-corrected chi connectivity index (χ3v) is 4.10. The fourth-order valence-corrected chi connectivity index (χ4v) is 2.79. The molecule has 0 spiro atoms. The maximum atomic E-state index is 11.6. The van der Waals surface area contributed by atoms with Crippen LogP contribution in [-0.4, -0.2) is 18.1 Å². The summed E-state index contributed by atoms with van der Waals surface area (Å²) in [6.45, 7) is 8.75. The zero-order valence-electron chi connectivity index (χ0n) is 13.6. The average Bonchev–Trinajstić information content (AvgIpc) is 2.94. The Morgan fingerprint density at radius 2 is 2.05 bits per heavy atom. The van der Waals surface area contributed by atoms with Gasteiger partial charge in [0.2, 0.25) is 0 Å². The number of methoxy groups -OCH3 is 1. The van der Waals surface area contributed by atoms with Gasteiger partial charge in [-0.2, -0.15) is 0 Å². The first kappa shape index (κ1) is 16.5. The van der Waals surface area contributed by atoms with E-state index in [2.05, 4.69) is 31.1 Å². The first-order valence-electron chi connectivity index (χ1n) is 7.08. The van der Waals surface area contributed by atoms with Gasteiger partial charge in [0.05, 0.1) is 18.4 Å². The van der Waals surface area contributed by atoms with Crippen LogP contribution >= 0.6 is 11.3 Å². The molecule has 0 saturated heterocycles. The van der Waals surface area contributed by atoms with Crippen molar-refractivity contribution in [2.45, 2.75) is 39.7 Å². The maximum absolute atomic E-state index is 11.6. The van der Waals surface area contributed by atoms with E-state index in [1.807, 2.05) is 13.0 Å². The number of carbonyl (C=O) groups is 1. The van der Waals surface area contributed by atoms with Crippen LogP contribution in [0.1, 0.15) is 47.4 Å². The van der Waals surface area contributed by atoms with E-state index < -0.39 is 0 Å². The van der Waals surface area contributed by atoms with Crippen molar-refractivity contribution in [1.82, 2.24) is 4.98 Å². The molecule has 2 aromatic rings. The molecule has 1 heterocycles. The lowest BCUT2D eigenvalue weighted by Gasteiger charge is -2.14. The predicted octanol–water partition coefficient (Wildman–Crippen LogP) is 4.11. The zero-order valence-corrected chi connectivity index (χ0v) is 14.4. The van der Waals surface area contributed by atoms with Crippen molar-refractivity contribution >= 4 is 17.3 Å². The van der Waals surface area contributed by atoms with E-state index in [0.29, 0.717) is 17.9 Å². The number of aromatic nitrogens is 1. The van der Waals surface area contributed by atoms with Crippen molar-refractivity contribution in [2.24, 2.45) is 0 Å². The Morgan fingerprint density at radius 1 is 1.32 bits per heavy atom. The molecule has 0 aliphatic rings. The van der Waals surface area contributed by atoms with Gasteiger partial charge in [0.15, 0.2) is 0 Å². The second kappa shape index (κ2) is 6.48. The molecule has 0 N–H and O–H groups in total. The lowest BCUT2D eigenvalue weighted by Crippen LogP contribution is -2.11. The van der Waals surface area contributed by atoms with Gasteiger partial charge >= 0.3 is 5.97 Å². The van der Waals surface area contributed by atoms with E-state index in [4.69, 9.17) is 9.47 Å². The fraction of sp³-hybridized carbons (Fsp3) is 0.412. The summed E-state index contributed by atoms with van der Waals surface area (Å²) in [5.74, 6) is 0.310. The Kier molecular flexibility index (Phi) is 4.86. The molecule has 0 radical (unpaired) electrons. The lowest BCUT2D eigenvalue weighted by atomic mass is 9.93. The Morgan fingerprint density at radius 3 is 2.64 bits per heavy atom. The minimum atomic E-state index is -0.367. The number of carbonyl (C=O) groups excluding carboxylic acids is 1. The van der Waals surface area contributed by atoms with Crippen LogP contribution in [0.5, 0.6) is 5.75 Å². The number of hydrogen-bond donors (Lipinski definition) is 0. The molecule has 0 atom stereocenters. The van der Waals surface area contributed by atoms with Gasteiger partial charge in [-0.05, 0) is 24.6 Å². The summed E-state index contributed by atoms with van der Waals surface area (Å²) >= 11 is 1.59. The molecule has 0 bridgehead atoms. The van der Waals surface area contributed by atoms with Crippen molar-refractivity contribution in [3.05, 3.63) is 45.4 Å². The molecular formula is C17H21NO3S. The van der Waals surface area contributed by atoms with Gasteiger partial charge in [-0.1, -0.05) is 26.8 Å². The van der Waals surface area contributed by atoms with E-state index in [-0.39, 0.29) is 11.4 Å². The van der Waals surface area contributed by atoms with Crippen LogP contribution in [0.3, 0.4) is 0 Å². The molecule has 118 valence electrons. The highest BCUT2D eigenvalue weighted by atomic mass is 32.1. The van der Waals surface area contributed by atoms with Crippen LogP contribution in [0.2, 0.25) is 0 Å². The molecule has 0 fully saturated rings. The van der Waals surface area contributed by atoms with Gasteiger partial charge < -0.3 is 9.47 Å². The summed E-state index contributed by atoms with van der Waals surface area (Å²) in [5, 5.41) is 2.99. The minimum absolute atomic E-state index is 0.0372. The van der Waals surface area contributed by atoms with Crippen molar-refractivity contribution in [1.29, 1.82) is 0 Å². The molecule has 0 unspecified atom stereocenters. The van der Waals surface area contributed by atoms with Crippen LogP contribution in [-0.2, 0) is 16.8 Å². The quantitative estimate of drug-likeness (QED) is 0.796. The normalized spacial score (nSPS) is 11.3. The highest BCUT2D eigenvalue weighted by molar-refractivity contribution is 7.09. The number of aryl methyl sites for hydroxylation is 1. The summed E-state index contributed by atoms with van der Waals surface area (Å²) in [5.41, 5.74) is 2.56. The Labute approximate surface area is 135 Å². The van der Waals surface area contributed by atoms with E-state index in [0.717, 1.165) is 16.3 Å². The van der Waals surface area contributed by atoms with Crippen molar-refractivity contribution in [3.63, 3.8) is 0 Å². The predicted molar refractivity (Wildman–Crippen MR) is 87.7 cm³/mol. The van der Waals surface area contributed by atoms with Crippen LogP contribution in [0.4, 0.5) is 0 Å². The third-order valence-electron chi connectivity index (χ3n) is 3.28. The largest absolute Gasteiger partial charge is 0.486 e. The zero-order chi connectivity index (χ0) is 16.3. The molecule has 0 saturated carbocycles. The highest BCUT2D eigenvalue weighted by Gasteiger charge is 2.17. The average molecular weight is 319 g/mol. The van der Waals surface area contributed by atoms with E-state index >= 15 is 0 Å². The maximum Gasteiger partial charge on any atom is 0.337 e. The minimum Gasteiger partial charge on any atom is -0.486 e. The molecule has 1 aromatic heterocycles. The third kappa shape index (κ3) is 3.85. The SMILES string of the molecule is COC(=O)c1ccc(C)c(OCc2nc(C(C)(C)C)cs2)c1. The molecular weight excluding hydrogens is 298 g/mol. The number of thiazole rings is 1. The molecule has 0 aliphatic heterocycles. The topological polar surface area (TPSA) is 48.4 Å². The monoisotopic (exact) mass is 319 g/mol. The lowest BCUT2D eigenvalue weighted by molar-refractivity contribution is 0.0600. The van der Waals surface area contributed by atoms with E-state index in [9.17, 15) is 4.79 Å². The molecule has 2 rings (SSSR count). The van der Waals surface area contributed by atoms with Crippen molar-refractivity contribution < 1.29 is 14.3 Å². The van der Waals surface area contributed by atoms with E-state index in [1.54, 1.807) is 23.5 Å². The van der Waals surface area contributed by atoms with Gasteiger partial charge in [0.25, 0.3) is 0 Å². The van der Waals surface area contributed by atoms with Gasteiger partial charge in [-0.15, -0.1) is 11.3 Å². The number of nitrogens with zero attached hydrogens (tertiary/aromatic N) is 1. The van der Waals surface area contributed by atoms with Gasteiger partial charge in [-0.3, -0.25) is 0 Å². The summed E-state index contributed by atoms with van der Waals surface area (Å²) in [6, 6.07) is 5.29. The Balaban J connectivity index is 2.11. The second-order valence-corrected chi connectivity index (χ2v) is 7.08. The van der Waals surface area contributed by atoms with Crippen LogP contribution < -0.4 is 4.74 Å². The fourth-order valence-electron chi connectivity index (χ4n) is 1.86. The van der Waals surface area contributed by atoms with Gasteiger partial charge in [0.1, 0.15) is 17.4 Å². The number of ether oxygens (including phenoxy) is 2. The first-order chi connectivity index (χ1) is 10.3. The highest BCUT2D eigenvalue weighted by Crippen LogP contribution is 2.26. The molecule has 0 aliphatic carbocycles. The van der Waals surface area contributed by atoms with Crippen LogP contribution in [0, 0.1) is 6.92 Å². The summed E-state index contributed by atoms with van der Waals surface area (Å²) in [7, 11) is 1.37. The number of benzene rings is 1. The van der Waals surface area contributed by atoms with Crippen LogP contribution in [0.25, 0.3) is 0 Å². The van der Waals surface area contributed by atoms with Crippen molar-refractivity contribution in [3.8, 4) is 5.75 Å². The summed E-state index contributed by atoms with van der Waals surface area (Å²) < 4.78 is 10.6. The van der Waals surface area contributed by atoms with Gasteiger partial charge in [0, 0.05) is 10.8 Å². The molecule has 4 nitrogen and oxygen atoms in total. The molecule has 1 aromatic carbocycles. The summed E-state index contributed by atoms with van der Waals surface area (Å²) in [4.78, 5) is 16.2. The van der Waals surface area contributed by atoms with Crippen LogP contribution in [0.15, 0.2) is 23.6 Å². The Bertz CT molecular complexity index is 671. The smallest absolute Gasteiger partial charge is 0.337 e. The number of hydrogen-bond acceptors (Lipinski definition) is 5. The second-order valence-electron chi connectivity index (χ2n) is 6.14. The number of rotatable bonds is 4. The van der Waals surface area contributed by atoms with Gasteiger partial charge in [-0.25, -0.2) is 9.78 Å². The molecule has 22 heavy (non-hydrogen) atoms. The molecule has 5 heteroatoms. The summed E-state index contributed by atoms with van der Waals surface area (Å²) in [6.07, 6.45) is 0. The standard InChI is InChI=1S/C17H21NO3S/c1-11-6-7-12(16(19)20-5)8-13(11)21-9-15-18-14(10-22-15)17(2,3)4/h6-8,10H,9H2,1-5H3. The first-order valence-corrected chi connectivity index (χ1v) is 7.96. The van der Waals surface area contributed by atoms with E-state index in [1.165, 1.54) is 7.11 Å². The van der Waals surface area contributed by atoms with Crippen molar-refractivity contribution in [2.75, 3.05) is 7.11 Å². The Hall–Kier alpha value is -1.88.